The first-order valence-corrected chi connectivity index (χ1v) is 9.73. The molecule has 1 aromatic carbocycles. The van der Waals surface area contributed by atoms with Gasteiger partial charge in [-0.2, -0.15) is 0 Å². The zero-order chi connectivity index (χ0) is 20.4. The fraction of sp³-hybridized carbons (Fsp3) is 0.529. The fourth-order valence-corrected chi connectivity index (χ4v) is 4.06. The molecule has 1 aliphatic rings. The Kier molecular flexibility index (Phi) is 6.61. The Hall–Kier alpha value is -1.66. The first-order chi connectivity index (χ1) is 13.4. The number of nitrogens with zero attached hydrogens (tertiary/aromatic N) is 3. The molecule has 154 valence electrons. The van der Waals surface area contributed by atoms with E-state index in [2.05, 4.69) is 10.3 Å². The molecule has 11 heteroatoms. The van der Waals surface area contributed by atoms with Crippen LogP contribution in [0.2, 0.25) is 0 Å². The van der Waals surface area contributed by atoms with E-state index < -0.39 is 53.8 Å². The third-order valence-corrected chi connectivity index (χ3v) is 5.79. The van der Waals surface area contributed by atoms with Crippen molar-refractivity contribution in [1.82, 2.24) is 15.0 Å². The molecule has 1 fully saturated rings. The van der Waals surface area contributed by atoms with Gasteiger partial charge in [-0.05, 0) is 24.3 Å². The van der Waals surface area contributed by atoms with Crippen molar-refractivity contribution in [3.05, 3.63) is 35.8 Å². The van der Waals surface area contributed by atoms with Gasteiger partial charge in [0, 0.05) is 5.56 Å². The highest BCUT2D eigenvalue weighted by Crippen LogP contribution is 2.35. The number of hydrogen-bond donors (Lipinski definition) is 3. The number of aliphatic hydroxyl groups is 3. The van der Waals surface area contributed by atoms with Crippen molar-refractivity contribution in [2.75, 3.05) is 12.4 Å². The SMILES string of the molecule is CCCS[C@H]1O[C@H](CO)[C@H](O)[C@H](n2cc(-c3cc(F)c(F)c(F)c3)nn2)[C@H]1O. The standard InChI is InChI=1S/C17H20F3N3O4S/c1-2-3-28-17-16(26)14(15(25)12(7-24)27-17)23-6-11(21-22-23)8-4-9(18)13(20)10(19)5-8/h4-6,12,14-17,24-26H,2-3,7H2,1H3/t12-,14+,15+,16-,17-/m1/s1. The molecule has 28 heavy (non-hydrogen) atoms. The van der Waals surface area contributed by atoms with Gasteiger partial charge in [0.05, 0.1) is 12.8 Å². The van der Waals surface area contributed by atoms with E-state index in [1.807, 2.05) is 6.92 Å². The average Bonchev–Trinajstić information content (AvgIpc) is 3.15. The molecule has 7 nitrogen and oxygen atoms in total. The molecule has 2 heterocycles. The van der Waals surface area contributed by atoms with Crippen LogP contribution >= 0.6 is 11.8 Å². The van der Waals surface area contributed by atoms with Gasteiger partial charge >= 0.3 is 0 Å². The Morgan fingerprint density at radius 2 is 1.86 bits per heavy atom. The molecule has 0 spiro atoms. The maximum absolute atomic E-state index is 13.5. The lowest BCUT2D eigenvalue weighted by Gasteiger charge is -2.41. The van der Waals surface area contributed by atoms with Crippen molar-refractivity contribution in [3.63, 3.8) is 0 Å². The summed E-state index contributed by atoms with van der Waals surface area (Å²) in [6.45, 7) is 1.49. The van der Waals surface area contributed by atoms with Gasteiger partial charge in [-0.15, -0.1) is 16.9 Å². The van der Waals surface area contributed by atoms with Gasteiger partial charge < -0.3 is 20.1 Å². The minimum atomic E-state index is -1.59. The van der Waals surface area contributed by atoms with Crippen LogP contribution in [0.15, 0.2) is 18.3 Å². The summed E-state index contributed by atoms with van der Waals surface area (Å²) in [5.74, 6) is -3.63. The number of ether oxygens (including phenoxy) is 1. The van der Waals surface area contributed by atoms with Gasteiger partial charge in [0.25, 0.3) is 0 Å². The molecule has 5 atom stereocenters. The zero-order valence-electron chi connectivity index (χ0n) is 14.9. The van der Waals surface area contributed by atoms with E-state index in [4.69, 9.17) is 4.74 Å². The molecule has 0 aliphatic carbocycles. The predicted molar refractivity (Wildman–Crippen MR) is 94.9 cm³/mol. The Morgan fingerprint density at radius 1 is 1.18 bits per heavy atom. The van der Waals surface area contributed by atoms with E-state index in [1.54, 1.807) is 0 Å². The highest BCUT2D eigenvalue weighted by molar-refractivity contribution is 7.99. The summed E-state index contributed by atoms with van der Waals surface area (Å²) in [6.07, 6.45) is -1.30. The third-order valence-electron chi connectivity index (χ3n) is 4.43. The number of benzene rings is 1. The van der Waals surface area contributed by atoms with Gasteiger partial charge in [0.1, 0.15) is 35.5 Å². The summed E-state index contributed by atoms with van der Waals surface area (Å²) >= 11 is 1.34. The molecule has 3 rings (SSSR count). The van der Waals surface area contributed by atoms with Crippen LogP contribution in [0, 0.1) is 17.5 Å². The van der Waals surface area contributed by atoms with Crippen LogP contribution in [0.3, 0.4) is 0 Å². The topological polar surface area (TPSA) is 101 Å². The minimum Gasteiger partial charge on any atom is -0.394 e. The smallest absolute Gasteiger partial charge is 0.194 e. The molecular weight excluding hydrogens is 399 g/mol. The third kappa shape index (κ3) is 4.03. The summed E-state index contributed by atoms with van der Waals surface area (Å²) < 4.78 is 46.8. The zero-order valence-corrected chi connectivity index (χ0v) is 15.7. The number of aromatic nitrogens is 3. The van der Waals surface area contributed by atoms with E-state index in [0.29, 0.717) is 5.75 Å². The first kappa shape index (κ1) is 21.1. The van der Waals surface area contributed by atoms with Crippen LogP contribution in [-0.2, 0) is 4.74 Å². The molecule has 1 saturated heterocycles. The average molecular weight is 419 g/mol. The quantitative estimate of drug-likeness (QED) is 0.610. The molecule has 2 aromatic rings. The first-order valence-electron chi connectivity index (χ1n) is 8.68. The van der Waals surface area contributed by atoms with Crippen molar-refractivity contribution in [3.8, 4) is 11.3 Å². The molecular formula is C17H20F3N3O4S. The molecule has 0 radical (unpaired) electrons. The molecule has 0 saturated carbocycles. The highest BCUT2D eigenvalue weighted by Gasteiger charge is 2.46. The maximum Gasteiger partial charge on any atom is 0.194 e. The summed E-state index contributed by atoms with van der Waals surface area (Å²) in [4.78, 5) is 0. The Balaban J connectivity index is 1.91. The van der Waals surface area contributed by atoms with Gasteiger partial charge in [0.15, 0.2) is 17.5 Å². The number of thioether (sulfide) groups is 1. The van der Waals surface area contributed by atoms with E-state index >= 15 is 0 Å². The minimum absolute atomic E-state index is 0.0296. The lowest BCUT2D eigenvalue weighted by Crippen LogP contribution is -2.55. The van der Waals surface area contributed by atoms with Crippen molar-refractivity contribution in [2.24, 2.45) is 0 Å². The summed E-state index contributed by atoms with van der Waals surface area (Å²) in [6, 6.07) is 0.553. The van der Waals surface area contributed by atoms with Crippen LogP contribution in [0.4, 0.5) is 13.2 Å². The molecule has 0 bridgehead atoms. The normalized spacial score (nSPS) is 27.9. The molecule has 1 aliphatic heterocycles. The van der Waals surface area contributed by atoms with E-state index in [9.17, 15) is 28.5 Å². The van der Waals surface area contributed by atoms with E-state index in [-0.39, 0.29) is 11.3 Å². The molecule has 1 aromatic heterocycles. The van der Waals surface area contributed by atoms with Crippen LogP contribution in [-0.4, -0.2) is 66.4 Å². The number of hydrogen-bond acceptors (Lipinski definition) is 7. The van der Waals surface area contributed by atoms with Gasteiger partial charge in [-0.1, -0.05) is 12.1 Å². The largest absolute Gasteiger partial charge is 0.394 e. The van der Waals surface area contributed by atoms with Gasteiger partial charge in [0.2, 0.25) is 0 Å². The highest BCUT2D eigenvalue weighted by atomic mass is 32.2. The van der Waals surface area contributed by atoms with Crippen molar-refractivity contribution in [2.45, 2.75) is 43.1 Å². The fourth-order valence-electron chi connectivity index (χ4n) is 3.01. The van der Waals surface area contributed by atoms with Crippen LogP contribution < -0.4 is 0 Å². The number of aliphatic hydroxyl groups excluding tert-OH is 3. The lowest BCUT2D eigenvalue weighted by molar-refractivity contribution is -0.178. The van der Waals surface area contributed by atoms with Crippen molar-refractivity contribution >= 4 is 11.8 Å². The van der Waals surface area contributed by atoms with Crippen LogP contribution in [0.25, 0.3) is 11.3 Å². The predicted octanol–water partition coefficient (Wildman–Crippen LogP) is 1.49. The monoisotopic (exact) mass is 419 g/mol. The second-order valence-electron chi connectivity index (χ2n) is 6.41. The second kappa shape index (κ2) is 8.78. The van der Waals surface area contributed by atoms with Crippen molar-refractivity contribution in [1.29, 1.82) is 0 Å². The molecule has 0 unspecified atom stereocenters. The number of rotatable bonds is 6. The summed E-state index contributed by atoms with van der Waals surface area (Å²) in [5, 5.41) is 38.3. The van der Waals surface area contributed by atoms with Gasteiger partial charge in [-0.25, -0.2) is 17.9 Å². The summed E-state index contributed by atoms with van der Waals surface area (Å²) in [7, 11) is 0. The molecule has 0 amide bonds. The van der Waals surface area contributed by atoms with Crippen LogP contribution in [0.5, 0.6) is 0 Å². The Morgan fingerprint density at radius 3 is 2.46 bits per heavy atom. The van der Waals surface area contributed by atoms with E-state index in [0.717, 1.165) is 23.2 Å². The Bertz CT molecular complexity index is 802. The van der Waals surface area contributed by atoms with Crippen LogP contribution in [0.1, 0.15) is 19.4 Å². The summed E-state index contributed by atoms with van der Waals surface area (Å²) in [5.41, 5.74) is -0.727. The van der Waals surface area contributed by atoms with E-state index in [1.165, 1.54) is 18.0 Å². The number of halogens is 3. The van der Waals surface area contributed by atoms with Crippen molar-refractivity contribution < 1.29 is 33.2 Å². The maximum atomic E-state index is 13.5. The van der Waals surface area contributed by atoms with Gasteiger partial charge in [-0.3, -0.25) is 0 Å². The lowest BCUT2D eigenvalue weighted by atomic mass is 9.97. The second-order valence-corrected chi connectivity index (χ2v) is 7.61. The Labute approximate surface area is 163 Å². The molecule has 3 N–H and O–H groups in total.